The molecule has 1 N–H and O–H groups in total. The number of hydrogen-bond acceptors (Lipinski definition) is 2. The Labute approximate surface area is 146 Å². The van der Waals surface area contributed by atoms with E-state index in [0.29, 0.717) is 25.3 Å². The number of aliphatic carboxylic acids is 1. The fraction of sp³-hybridized carbons (Fsp3) is 0.556. The third-order valence-corrected chi connectivity index (χ3v) is 5.28. The van der Waals surface area contributed by atoms with Gasteiger partial charge in [0.1, 0.15) is 0 Å². The van der Waals surface area contributed by atoms with Crippen molar-refractivity contribution >= 4 is 27.8 Å². The van der Waals surface area contributed by atoms with Crippen LogP contribution < -0.4 is 0 Å². The molecule has 0 unspecified atom stereocenters. The Morgan fingerprint density at radius 1 is 1.39 bits per heavy atom. The second-order valence-electron chi connectivity index (χ2n) is 6.41. The van der Waals surface area contributed by atoms with E-state index in [1.165, 1.54) is 0 Å². The highest BCUT2D eigenvalue weighted by atomic mass is 79.9. The minimum absolute atomic E-state index is 0.164. The SMILES string of the molecule is C[C@H](CC(=O)N1CCC[C@H](CCC(=O)O)C1)c1ccccc1Br. The topological polar surface area (TPSA) is 57.6 Å². The van der Waals surface area contributed by atoms with Crippen molar-refractivity contribution in [2.24, 2.45) is 5.92 Å². The number of carboxylic acid groups (broad SMARTS) is 1. The van der Waals surface area contributed by atoms with Gasteiger partial charge in [0, 0.05) is 30.4 Å². The molecule has 0 spiro atoms. The van der Waals surface area contributed by atoms with Gasteiger partial charge in [-0.15, -0.1) is 0 Å². The van der Waals surface area contributed by atoms with E-state index in [4.69, 9.17) is 5.11 Å². The van der Waals surface area contributed by atoms with Gasteiger partial charge in [-0.25, -0.2) is 0 Å². The molecule has 1 amide bonds. The van der Waals surface area contributed by atoms with E-state index in [1.54, 1.807) is 0 Å². The van der Waals surface area contributed by atoms with Gasteiger partial charge in [-0.2, -0.15) is 0 Å². The summed E-state index contributed by atoms with van der Waals surface area (Å²) in [4.78, 5) is 25.2. The molecule has 1 aliphatic heterocycles. The van der Waals surface area contributed by atoms with Crippen LogP contribution in [0.2, 0.25) is 0 Å². The van der Waals surface area contributed by atoms with Crippen molar-refractivity contribution < 1.29 is 14.7 Å². The Morgan fingerprint density at radius 3 is 2.83 bits per heavy atom. The van der Waals surface area contributed by atoms with Crippen molar-refractivity contribution in [3.05, 3.63) is 34.3 Å². The Morgan fingerprint density at radius 2 is 2.13 bits per heavy atom. The normalized spacial score (nSPS) is 19.4. The second-order valence-corrected chi connectivity index (χ2v) is 7.26. The zero-order chi connectivity index (χ0) is 16.8. The number of rotatable bonds is 6. The quantitative estimate of drug-likeness (QED) is 0.808. The lowest BCUT2D eigenvalue weighted by molar-refractivity contribution is -0.137. The van der Waals surface area contributed by atoms with Crippen LogP contribution in [0.15, 0.2) is 28.7 Å². The number of hydrogen-bond donors (Lipinski definition) is 1. The minimum Gasteiger partial charge on any atom is -0.481 e. The monoisotopic (exact) mass is 381 g/mol. The first-order valence-corrected chi connectivity index (χ1v) is 9.00. The number of likely N-dealkylation sites (tertiary alicyclic amines) is 1. The number of carboxylic acids is 1. The molecular formula is C18H24BrNO3. The van der Waals surface area contributed by atoms with Gasteiger partial charge in [-0.05, 0) is 42.7 Å². The third kappa shape index (κ3) is 5.34. The Balaban J connectivity index is 1.89. The third-order valence-electron chi connectivity index (χ3n) is 4.56. The van der Waals surface area contributed by atoms with Crippen LogP contribution in [0.25, 0.3) is 0 Å². The van der Waals surface area contributed by atoms with Gasteiger partial charge in [0.25, 0.3) is 0 Å². The summed E-state index contributed by atoms with van der Waals surface area (Å²) in [5.41, 5.74) is 1.15. The summed E-state index contributed by atoms with van der Waals surface area (Å²) in [6.07, 6.45) is 3.35. The van der Waals surface area contributed by atoms with Crippen LogP contribution in [0, 0.1) is 5.92 Å². The summed E-state index contributed by atoms with van der Waals surface area (Å²) < 4.78 is 1.04. The molecule has 1 aromatic carbocycles. The fourth-order valence-electron chi connectivity index (χ4n) is 3.23. The molecule has 0 bridgehead atoms. The highest BCUT2D eigenvalue weighted by molar-refractivity contribution is 9.10. The Bertz CT molecular complexity index is 561. The van der Waals surface area contributed by atoms with E-state index in [9.17, 15) is 9.59 Å². The zero-order valence-corrected chi connectivity index (χ0v) is 15.1. The maximum Gasteiger partial charge on any atom is 0.303 e. The summed E-state index contributed by atoms with van der Waals surface area (Å²) in [6, 6.07) is 8.01. The van der Waals surface area contributed by atoms with Crippen LogP contribution in [0.3, 0.4) is 0 Å². The van der Waals surface area contributed by atoms with E-state index < -0.39 is 5.97 Å². The van der Waals surface area contributed by atoms with Crippen molar-refractivity contribution in [2.75, 3.05) is 13.1 Å². The lowest BCUT2D eigenvalue weighted by Crippen LogP contribution is -2.40. The standard InChI is InChI=1S/C18H24BrNO3/c1-13(15-6-2-3-7-16(15)19)11-17(21)20-10-4-5-14(12-20)8-9-18(22)23/h2-3,6-7,13-14H,4-5,8-12H2,1H3,(H,22,23)/t13-,14-/m1/s1. The van der Waals surface area contributed by atoms with Gasteiger partial charge in [-0.3, -0.25) is 9.59 Å². The fourth-order valence-corrected chi connectivity index (χ4v) is 3.91. The van der Waals surface area contributed by atoms with E-state index >= 15 is 0 Å². The Kier molecular flexibility index (Phi) is 6.63. The average Bonchev–Trinajstić information content (AvgIpc) is 2.53. The molecule has 0 radical (unpaired) electrons. The highest BCUT2D eigenvalue weighted by Crippen LogP contribution is 2.28. The van der Waals surface area contributed by atoms with E-state index in [2.05, 4.69) is 22.9 Å². The minimum atomic E-state index is -0.754. The van der Waals surface area contributed by atoms with E-state index in [1.807, 2.05) is 29.2 Å². The number of halogens is 1. The van der Waals surface area contributed by atoms with E-state index in [0.717, 1.165) is 29.4 Å². The van der Waals surface area contributed by atoms with E-state index in [-0.39, 0.29) is 18.2 Å². The number of amides is 1. The molecule has 23 heavy (non-hydrogen) atoms. The zero-order valence-electron chi connectivity index (χ0n) is 13.5. The lowest BCUT2D eigenvalue weighted by Gasteiger charge is -2.33. The van der Waals surface area contributed by atoms with Crippen molar-refractivity contribution in [3.8, 4) is 0 Å². The summed E-state index contributed by atoms with van der Waals surface area (Å²) in [6.45, 7) is 3.57. The maximum atomic E-state index is 12.6. The van der Waals surface area contributed by atoms with Crippen LogP contribution in [0.4, 0.5) is 0 Å². The number of nitrogens with zero attached hydrogens (tertiary/aromatic N) is 1. The lowest BCUT2D eigenvalue weighted by atomic mass is 9.92. The molecule has 1 fully saturated rings. The highest BCUT2D eigenvalue weighted by Gasteiger charge is 2.25. The van der Waals surface area contributed by atoms with Gasteiger partial charge in [0.2, 0.25) is 5.91 Å². The molecule has 0 saturated carbocycles. The van der Waals surface area contributed by atoms with Crippen LogP contribution in [0.1, 0.15) is 50.5 Å². The van der Waals surface area contributed by atoms with Crippen LogP contribution in [-0.2, 0) is 9.59 Å². The summed E-state index contributed by atoms with van der Waals surface area (Å²) >= 11 is 3.55. The van der Waals surface area contributed by atoms with Crippen molar-refractivity contribution in [1.82, 2.24) is 4.90 Å². The van der Waals surface area contributed by atoms with Gasteiger partial charge in [-0.1, -0.05) is 41.1 Å². The molecule has 1 aliphatic rings. The van der Waals surface area contributed by atoms with Crippen molar-refractivity contribution in [2.45, 2.75) is 44.9 Å². The maximum absolute atomic E-state index is 12.6. The Hall–Kier alpha value is -1.36. The largest absolute Gasteiger partial charge is 0.481 e. The van der Waals surface area contributed by atoms with Crippen molar-refractivity contribution in [3.63, 3.8) is 0 Å². The van der Waals surface area contributed by atoms with Gasteiger partial charge in [0.05, 0.1) is 0 Å². The van der Waals surface area contributed by atoms with Gasteiger partial charge >= 0.3 is 5.97 Å². The molecule has 1 saturated heterocycles. The average molecular weight is 382 g/mol. The predicted octanol–water partition coefficient (Wildman–Crippen LogP) is 4.05. The van der Waals surface area contributed by atoms with Gasteiger partial charge < -0.3 is 10.0 Å². The van der Waals surface area contributed by atoms with Crippen LogP contribution >= 0.6 is 15.9 Å². The number of piperidine rings is 1. The first-order valence-electron chi connectivity index (χ1n) is 8.21. The number of carbonyl (C=O) groups excluding carboxylic acids is 1. The summed E-state index contributed by atoms with van der Waals surface area (Å²) in [5.74, 6) is -0.0932. The molecule has 2 atom stereocenters. The second kappa shape index (κ2) is 8.48. The number of carbonyl (C=O) groups is 2. The molecule has 5 heteroatoms. The molecule has 1 aromatic rings. The number of benzene rings is 1. The summed E-state index contributed by atoms with van der Waals surface area (Å²) in [5, 5.41) is 8.81. The first-order chi connectivity index (χ1) is 11.0. The molecule has 1 heterocycles. The summed E-state index contributed by atoms with van der Waals surface area (Å²) in [7, 11) is 0. The first kappa shape index (κ1) is 18.0. The molecule has 4 nitrogen and oxygen atoms in total. The molecule has 0 aliphatic carbocycles. The molecule has 0 aromatic heterocycles. The van der Waals surface area contributed by atoms with Gasteiger partial charge in [0.15, 0.2) is 0 Å². The van der Waals surface area contributed by atoms with Crippen LogP contribution in [0.5, 0.6) is 0 Å². The molecule has 126 valence electrons. The molecule has 2 rings (SSSR count). The predicted molar refractivity (Wildman–Crippen MR) is 93.3 cm³/mol. The van der Waals surface area contributed by atoms with Crippen molar-refractivity contribution in [1.29, 1.82) is 0 Å². The molecular weight excluding hydrogens is 358 g/mol. The van der Waals surface area contributed by atoms with Crippen LogP contribution in [-0.4, -0.2) is 35.0 Å². The smallest absolute Gasteiger partial charge is 0.303 e.